The van der Waals surface area contributed by atoms with Gasteiger partial charge in [-0.2, -0.15) is 0 Å². The Morgan fingerprint density at radius 2 is 1.70 bits per heavy atom. The molecule has 4 aromatic rings. The van der Waals surface area contributed by atoms with E-state index in [0.29, 0.717) is 69.4 Å². The summed E-state index contributed by atoms with van der Waals surface area (Å²) in [6, 6.07) is 17.7. The van der Waals surface area contributed by atoms with Crippen LogP contribution in [-0.4, -0.2) is 42.9 Å². The Balaban J connectivity index is 1.53. The van der Waals surface area contributed by atoms with Gasteiger partial charge in [-0.05, 0) is 68.3 Å². The van der Waals surface area contributed by atoms with Crippen LogP contribution >= 0.6 is 0 Å². The van der Waals surface area contributed by atoms with E-state index >= 15 is 0 Å². The summed E-state index contributed by atoms with van der Waals surface area (Å²) in [5.41, 5.74) is 8.15. The van der Waals surface area contributed by atoms with Crippen molar-refractivity contribution in [2.24, 2.45) is 10.7 Å². The van der Waals surface area contributed by atoms with Crippen molar-refractivity contribution < 1.29 is 4.79 Å². The van der Waals surface area contributed by atoms with E-state index in [4.69, 9.17) is 15.7 Å². The second-order valence-electron chi connectivity index (χ2n) is 12.3. The molecule has 0 fully saturated rings. The number of carbonyl (C=O) groups excluding carboxylic acids is 1. The maximum absolute atomic E-state index is 14.1. The highest BCUT2D eigenvalue weighted by Gasteiger charge is 2.28. The van der Waals surface area contributed by atoms with Crippen molar-refractivity contribution in [1.82, 2.24) is 18.7 Å². The summed E-state index contributed by atoms with van der Waals surface area (Å²) < 4.78 is 5.02. The first-order chi connectivity index (χ1) is 22.9. The molecule has 3 heterocycles. The van der Waals surface area contributed by atoms with Gasteiger partial charge >= 0.3 is 5.69 Å². The van der Waals surface area contributed by atoms with Crippen molar-refractivity contribution in [2.75, 3.05) is 11.9 Å². The van der Waals surface area contributed by atoms with Crippen molar-refractivity contribution in [3.8, 4) is 0 Å². The van der Waals surface area contributed by atoms with Crippen LogP contribution in [0.5, 0.6) is 0 Å². The topological polar surface area (TPSA) is 129 Å². The number of nitrogens with zero attached hydrogens (tertiary/aromatic N) is 5. The van der Waals surface area contributed by atoms with Crippen LogP contribution in [0.25, 0.3) is 11.2 Å². The third kappa shape index (κ3) is 7.88. The van der Waals surface area contributed by atoms with Crippen molar-refractivity contribution in [2.45, 2.75) is 96.8 Å². The standard InChI is InChI=1S/C37H47N7O3/c1-3-24-44-35(46)33-34(41-31(27-28-14-7-5-8-15-28)42(33)26-21-37(4-2)20-13-23-39-37)43(36(44)47)25-19-29-16-10-11-17-30(29)40-32(45)18-9-6-12-22-38/h5,7-8,10-11,13-17,20,23H,3-4,6,9,12,18-19,21-22,24-27,38H2,1-2H3,(H,40,45). The predicted octanol–water partition coefficient (Wildman–Crippen LogP) is 5.24. The van der Waals surface area contributed by atoms with Gasteiger partial charge in [-0.25, -0.2) is 9.78 Å². The van der Waals surface area contributed by atoms with Gasteiger partial charge in [0.25, 0.3) is 5.56 Å². The fourth-order valence-corrected chi connectivity index (χ4v) is 6.32. The van der Waals surface area contributed by atoms with E-state index < -0.39 is 0 Å². The molecule has 1 atom stereocenters. The SMILES string of the molecule is CCCn1c(=O)c2c(nc(Cc3ccccc3)n2CCC2(CC)C=CC=N2)n(CCc2ccccc2NC(=O)CCCCCN)c1=O. The van der Waals surface area contributed by atoms with Gasteiger partial charge in [0.15, 0.2) is 11.2 Å². The fraction of sp³-hybridized carbons (Fsp3) is 0.432. The summed E-state index contributed by atoms with van der Waals surface area (Å²) in [7, 11) is 0. The lowest BCUT2D eigenvalue weighted by molar-refractivity contribution is -0.116. The van der Waals surface area contributed by atoms with Crippen LogP contribution in [0, 0.1) is 0 Å². The molecule has 0 saturated heterocycles. The number of hydrogen-bond acceptors (Lipinski definition) is 6. The Morgan fingerprint density at radius 3 is 2.43 bits per heavy atom. The third-order valence-corrected chi connectivity index (χ3v) is 9.05. The van der Waals surface area contributed by atoms with E-state index in [1.807, 2.05) is 78.4 Å². The Kier molecular flexibility index (Phi) is 11.4. The quantitative estimate of drug-likeness (QED) is 0.153. The molecule has 1 amide bonds. The molecule has 3 N–H and O–H groups in total. The maximum Gasteiger partial charge on any atom is 0.332 e. The molecular formula is C37H47N7O3. The van der Waals surface area contributed by atoms with E-state index in [9.17, 15) is 14.4 Å². The Bertz CT molecular complexity index is 1840. The van der Waals surface area contributed by atoms with Crippen LogP contribution in [-0.2, 0) is 37.3 Å². The van der Waals surface area contributed by atoms with Crippen LogP contribution in [0.2, 0.25) is 0 Å². The molecule has 0 radical (unpaired) electrons. The molecule has 1 aliphatic heterocycles. The maximum atomic E-state index is 14.1. The van der Waals surface area contributed by atoms with Gasteiger partial charge in [-0.15, -0.1) is 0 Å². The van der Waals surface area contributed by atoms with Crippen molar-refractivity contribution in [3.05, 3.63) is 105 Å². The number of aliphatic imine (C=N–C) groups is 1. The predicted molar refractivity (Wildman–Crippen MR) is 189 cm³/mol. The molecule has 2 aromatic carbocycles. The van der Waals surface area contributed by atoms with E-state index in [2.05, 4.69) is 18.3 Å². The number of benzene rings is 2. The second-order valence-corrected chi connectivity index (χ2v) is 12.3. The largest absolute Gasteiger partial charge is 0.332 e. The second kappa shape index (κ2) is 15.8. The first kappa shape index (κ1) is 33.8. The Hall–Kier alpha value is -4.57. The van der Waals surface area contributed by atoms with Crippen molar-refractivity contribution in [1.29, 1.82) is 0 Å². The molecule has 0 spiro atoms. The van der Waals surface area contributed by atoms with Gasteiger partial charge in [0, 0.05) is 44.4 Å². The molecule has 2 aromatic heterocycles. The number of rotatable bonds is 17. The number of aromatic nitrogens is 4. The minimum Gasteiger partial charge on any atom is -0.330 e. The van der Waals surface area contributed by atoms with E-state index in [1.165, 1.54) is 4.57 Å². The normalized spacial score (nSPS) is 15.6. The van der Waals surface area contributed by atoms with Crippen LogP contribution in [0.1, 0.15) is 75.7 Å². The number of hydrogen-bond donors (Lipinski definition) is 2. The first-order valence-corrected chi connectivity index (χ1v) is 17.0. The summed E-state index contributed by atoms with van der Waals surface area (Å²) in [6.45, 7) is 5.86. The van der Waals surface area contributed by atoms with Gasteiger partial charge in [-0.3, -0.25) is 23.7 Å². The average Bonchev–Trinajstić information content (AvgIpc) is 3.70. The lowest BCUT2D eigenvalue weighted by Crippen LogP contribution is -2.41. The molecule has 0 bridgehead atoms. The summed E-state index contributed by atoms with van der Waals surface area (Å²) >= 11 is 0. The van der Waals surface area contributed by atoms with Crippen LogP contribution in [0.15, 0.2) is 81.3 Å². The highest BCUT2D eigenvalue weighted by molar-refractivity contribution is 5.91. The Morgan fingerprint density at radius 1 is 0.915 bits per heavy atom. The van der Waals surface area contributed by atoms with Crippen molar-refractivity contribution >= 4 is 29.0 Å². The number of para-hydroxylation sites is 1. The molecule has 0 saturated carbocycles. The number of allylic oxidation sites excluding steroid dienone is 1. The molecule has 47 heavy (non-hydrogen) atoms. The van der Waals surface area contributed by atoms with E-state index in [1.54, 1.807) is 4.57 Å². The summed E-state index contributed by atoms with van der Waals surface area (Å²) in [4.78, 5) is 50.6. The van der Waals surface area contributed by atoms with E-state index in [0.717, 1.165) is 48.3 Å². The molecule has 0 aliphatic carbocycles. The van der Waals surface area contributed by atoms with Gasteiger partial charge in [0.1, 0.15) is 5.82 Å². The summed E-state index contributed by atoms with van der Waals surface area (Å²) in [5, 5.41) is 3.06. The number of amides is 1. The van der Waals surface area contributed by atoms with Crippen molar-refractivity contribution in [3.63, 3.8) is 0 Å². The number of nitrogens with two attached hydrogens (primary N) is 1. The first-order valence-electron chi connectivity index (χ1n) is 17.0. The number of carbonyl (C=O) groups is 1. The summed E-state index contributed by atoms with van der Waals surface area (Å²) in [6.07, 6.45) is 12.2. The minimum atomic E-state index is -0.366. The molecule has 10 heteroatoms. The van der Waals surface area contributed by atoms with Gasteiger partial charge in [-0.1, -0.05) is 74.9 Å². The monoisotopic (exact) mass is 637 g/mol. The zero-order chi connectivity index (χ0) is 33.2. The molecule has 248 valence electrons. The number of imidazole rings is 1. The highest BCUT2D eigenvalue weighted by atomic mass is 16.2. The lowest BCUT2D eigenvalue weighted by atomic mass is 9.93. The molecular weight excluding hydrogens is 590 g/mol. The molecule has 1 aliphatic rings. The molecule has 5 rings (SSSR count). The van der Waals surface area contributed by atoms with Gasteiger partial charge in [0.05, 0.1) is 5.54 Å². The van der Waals surface area contributed by atoms with E-state index in [-0.39, 0.29) is 22.7 Å². The smallest absolute Gasteiger partial charge is 0.330 e. The fourth-order valence-electron chi connectivity index (χ4n) is 6.32. The third-order valence-electron chi connectivity index (χ3n) is 9.05. The van der Waals surface area contributed by atoms with Gasteiger partial charge < -0.3 is 15.6 Å². The van der Waals surface area contributed by atoms with Crippen LogP contribution < -0.4 is 22.3 Å². The number of nitrogens with one attached hydrogen (secondary N) is 1. The van der Waals surface area contributed by atoms with Crippen LogP contribution in [0.4, 0.5) is 5.69 Å². The number of aryl methyl sites for hydroxylation is 3. The zero-order valence-electron chi connectivity index (χ0n) is 27.7. The van der Waals surface area contributed by atoms with Crippen LogP contribution in [0.3, 0.4) is 0 Å². The summed E-state index contributed by atoms with van der Waals surface area (Å²) in [5.74, 6) is 0.700. The number of unbranched alkanes of at least 4 members (excludes halogenated alkanes) is 2. The molecule has 10 nitrogen and oxygen atoms in total. The average molecular weight is 638 g/mol. The zero-order valence-corrected chi connectivity index (χ0v) is 27.7. The minimum absolute atomic E-state index is 0.0406. The number of fused-ring (bicyclic) bond motifs is 1. The lowest BCUT2D eigenvalue weighted by Gasteiger charge is -2.23. The van der Waals surface area contributed by atoms with Gasteiger partial charge in [0.2, 0.25) is 5.91 Å². The number of anilines is 1. The highest BCUT2D eigenvalue weighted by Crippen LogP contribution is 2.28. The Labute approximate surface area is 276 Å². The molecule has 1 unspecified atom stereocenters.